The molecule has 0 amide bonds. The molecule has 0 aliphatic rings. The number of nitrogens with two attached hydrogens (primary N) is 2. The number of methoxy groups -OCH3 is 2. The topological polar surface area (TPSA) is 393 Å². The second-order valence-electron chi connectivity index (χ2n) is 31.7. The number of aliphatic hydroxyl groups excluding tert-OH is 1. The first kappa shape index (κ1) is 112. The minimum absolute atomic E-state index is 0.0361. The number of anilines is 3. The summed E-state index contributed by atoms with van der Waals surface area (Å²) in [6.07, 6.45) is 14.4. The summed E-state index contributed by atoms with van der Waals surface area (Å²) in [5.74, 6) is 2.75. The summed E-state index contributed by atoms with van der Waals surface area (Å²) in [5, 5.41) is 10.7. The van der Waals surface area contributed by atoms with Crippen molar-refractivity contribution in [3.05, 3.63) is 376 Å². The number of nitrogens with zero attached hydrogens (tertiary/aromatic N) is 14. The molecule has 0 fully saturated rings. The summed E-state index contributed by atoms with van der Waals surface area (Å²) >= 11 is 34.1. The highest BCUT2D eigenvalue weighted by Crippen LogP contribution is 2.41. The van der Waals surface area contributed by atoms with Crippen LogP contribution in [0.2, 0.25) is 25.8 Å². The van der Waals surface area contributed by atoms with Crippen molar-refractivity contribution in [3.8, 4) is 35.0 Å². The summed E-state index contributed by atoms with van der Waals surface area (Å²) < 4.78 is 119. The monoisotopic (exact) mass is 2150 g/mol. The Hall–Kier alpha value is -12.8. The van der Waals surface area contributed by atoms with Gasteiger partial charge in [0.05, 0.1) is 64.8 Å². The number of sulfone groups is 1. The van der Waals surface area contributed by atoms with Crippen LogP contribution in [0.4, 0.5) is 17.1 Å². The molecule has 0 saturated carbocycles. The van der Waals surface area contributed by atoms with Crippen molar-refractivity contribution in [2.45, 2.75) is 138 Å². The Morgan fingerprint density at radius 1 is 0.424 bits per heavy atom. The highest BCUT2D eigenvalue weighted by molar-refractivity contribution is 7.99. The first-order valence-corrected chi connectivity index (χ1v) is 54.2. The molecule has 0 atom stereocenters. The molecule has 0 saturated heterocycles. The Balaban J connectivity index is 0.000000176. The lowest BCUT2D eigenvalue weighted by Crippen LogP contribution is -2.32. The van der Waals surface area contributed by atoms with Crippen LogP contribution in [0.1, 0.15) is 101 Å². The number of hydrogen-bond acceptors (Lipinski definition) is 30. The number of halogens is 5. The molecule has 144 heavy (non-hydrogen) atoms. The third-order valence-electron chi connectivity index (χ3n) is 21.2. The van der Waals surface area contributed by atoms with Gasteiger partial charge in [-0.05, 0) is 151 Å². The van der Waals surface area contributed by atoms with E-state index < -0.39 is 29.9 Å². The number of hydrogen-bond donors (Lipinski definition) is 3. The van der Waals surface area contributed by atoms with Gasteiger partial charge < -0.3 is 45.0 Å². The highest BCUT2D eigenvalue weighted by atomic mass is 35.5. The second-order valence-corrected chi connectivity index (χ2v) is 41.5. The van der Waals surface area contributed by atoms with Gasteiger partial charge in [-0.1, -0.05) is 304 Å². The Bertz CT molecular complexity index is 7430. The lowest BCUT2D eigenvalue weighted by molar-refractivity contribution is 0.282. The zero-order valence-corrected chi connectivity index (χ0v) is 89.7. The first-order chi connectivity index (χ1) is 69.0. The van der Waals surface area contributed by atoms with E-state index in [1.54, 1.807) is 132 Å². The van der Waals surface area contributed by atoms with E-state index in [9.17, 15) is 25.3 Å². The molecular formula is C104H105Cl5N16O13S6. The molecule has 40 heteroatoms. The number of rotatable bonds is 31. The fraction of sp³-hybridized carbons (Fsp3) is 0.212. The van der Waals surface area contributed by atoms with Crippen molar-refractivity contribution in [2.24, 2.45) is 0 Å². The third kappa shape index (κ3) is 30.4. The van der Waals surface area contributed by atoms with Crippen LogP contribution in [0, 0.1) is 62.3 Å². The maximum Gasteiger partial charge on any atom is 0.268 e. The van der Waals surface area contributed by atoms with Crippen LogP contribution in [0.15, 0.2) is 279 Å². The van der Waals surface area contributed by atoms with Crippen molar-refractivity contribution in [2.75, 3.05) is 55.3 Å². The number of aliphatic hydroxyl groups is 1. The van der Waals surface area contributed by atoms with Gasteiger partial charge in [0.15, 0.2) is 51.6 Å². The van der Waals surface area contributed by atoms with Gasteiger partial charge >= 0.3 is 0 Å². The van der Waals surface area contributed by atoms with Crippen molar-refractivity contribution < 1.29 is 58.8 Å². The number of aromatic nitrogens is 13. The van der Waals surface area contributed by atoms with Gasteiger partial charge in [-0.3, -0.25) is 14.3 Å². The van der Waals surface area contributed by atoms with E-state index in [4.69, 9.17) is 103 Å². The normalized spacial score (nSPS) is 11.1. The van der Waals surface area contributed by atoms with Gasteiger partial charge in [-0.25, -0.2) is 59.1 Å². The van der Waals surface area contributed by atoms with Crippen LogP contribution in [0.25, 0.3) is 17.1 Å². The zero-order chi connectivity index (χ0) is 104. The van der Waals surface area contributed by atoms with E-state index in [0.29, 0.717) is 68.3 Å². The number of ether oxygens (including phenoxy) is 6. The van der Waals surface area contributed by atoms with E-state index in [1.807, 2.05) is 219 Å². The largest absolute Gasteiger partial charge is 0.496 e. The predicted molar refractivity (Wildman–Crippen MR) is 574 cm³/mol. The maximum absolute atomic E-state index is 14.0. The molecule has 8 aromatic heterocycles. The van der Waals surface area contributed by atoms with Gasteiger partial charge in [-0.2, -0.15) is 19.9 Å². The van der Waals surface area contributed by atoms with Crippen LogP contribution < -0.4 is 44.2 Å². The summed E-state index contributed by atoms with van der Waals surface area (Å²) in [4.78, 5) is 51.9. The average Bonchev–Trinajstić information content (AvgIpc) is 1.59. The van der Waals surface area contributed by atoms with E-state index in [2.05, 4.69) is 59.8 Å². The van der Waals surface area contributed by atoms with Crippen molar-refractivity contribution >= 4 is 157 Å². The smallest absolute Gasteiger partial charge is 0.268 e. The fourth-order valence-electron chi connectivity index (χ4n) is 13.7. The number of fused-ring (bicyclic) bond motifs is 1. The molecule has 8 heterocycles. The van der Waals surface area contributed by atoms with E-state index in [0.717, 1.165) is 88.3 Å². The van der Waals surface area contributed by atoms with Crippen LogP contribution in [0.3, 0.4) is 0 Å². The van der Waals surface area contributed by atoms with Crippen LogP contribution in [-0.4, -0.2) is 134 Å². The molecule has 16 aromatic rings. The lowest BCUT2D eigenvalue weighted by atomic mass is 10.0. The molecule has 0 aliphatic heterocycles. The van der Waals surface area contributed by atoms with Crippen LogP contribution >= 0.6 is 93.3 Å². The fourth-order valence-corrected chi connectivity index (χ4v) is 20.3. The molecule has 0 bridgehead atoms. The number of aryl methyl sites for hydroxylation is 7. The molecule has 16 rings (SSSR count). The van der Waals surface area contributed by atoms with Crippen molar-refractivity contribution in [1.29, 1.82) is 0 Å². The van der Waals surface area contributed by atoms with Gasteiger partial charge in [0.1, 0.15) is 77.1 Å². The van der Waals surface area contributed by atoms with E-state index >= 15 is 0 Å². The predicted octanol–water partition coefficient (Wildman–Crippen LogP) is 22.7. The Morgan fingerprint density at radius 3 is 1.28 bits per heavy atom. The molecule has 0 aliphatic carbocycles. The molecule has 0 spiro atoms. The third-order valence-corrected chi connectivity index (χ3v) is 29.4. The molecular weight excluding hydrogens is 2050 g/mol. The quantitative estimate of drug-likeness (QED) is 0.0206. The van der Waals surface area contributed by atoms with Crippen molar-refractivity contribution in [1.82, 2.24) is 63.8 Å². The molecule has 8 aromatic carbocycles. The number of benzene rings is 8. The molecule has 750 valence electrons. The Labute approximate surface area is 876 Å². The van der Waals surface area contributed by atoms with Crippen molar-refractivity contribution in [3.63, 3.8) is 0 Å². The van der Waals surface area contributed by atoms with Gasteiger partial charge in [0, 0.05) is 52.8 Å². The summed E-state index contributed by atoms with van der Waals surface area (Å²) in [6.45, 7) is 17.9. The average molecular weight is 2160 g/mol. The van der Waals surface area contributed by atoms with E-state index in [-0.39, 0.29) is 119 Å². The minimum Gasteiger partial charge on any atom is -0.496 e. The van der Waals surface area contributed by atoms with Crippen LogP contribution in [-0.2, 0) is 75.1 Å². The molecule has 0 unspecified atom stereocenters. The number of nitrogen functional groups attached to an aromatic ring is 2. The highest BCUT2D eigenvalue weighted by Gasteiger charge is 2.33. The molecule has 29 nitrogen and oxygen atoms in total. The summed E-state index contributed by atoms with van der Waals surface area (Å²) in [6, 6.07) is 68.1. The van der Waals surface area contributed by atoms with Crippen LogP contribution in [0.5, 0.6) is 35.0 Å². The standard InChI is InChI=1S/C30H31ClN4O4S.C30H30N4O4S.C20H19ClN2O3S2.C12H12ClN3OS.C7H8O.C5H5Cl2N3S/c1-20-13-15-25(16-14-20)40(36,37)35(17-9-12-26-22(3)28(38-5)21(2)18-32-26)27-29(31)33-23(4)34-30(27)39-19-24-10-7-6-8-11-24;1-19-11-13-25(14-12-19)39(35,36)34-17-24(15-26-21(3)29(37-5)20(2)16-31-26)27-28(34)30(33-22(4)32-27)38-18-23-9-7-6-8-10-23;1-14-8-10-16(11-9-14)28(24,25)13-17-18(21)22-20(27-2)23-19(17)26-12-15-6-4-3-5-7-15;1-18-12-15-10(13)9(14)11(16-12)17-7-8-5-3-2-4-6-8;8-6-7-4-2-1-3-5-7;1-11-5-9-3(6)2(8)4(7)10-5/h6-16,18H,17,19H2,1-5H3;6-14,16-17H,15,18H2,1-5H3;3-11H,12-13H2,1-2H3;2-6H,7,14H2,1H3;1-5,8H,6H2;8H2,1H3/b12-9+;;;;;. The Morgan fingerprint density at radius 2 is 0.819 bits per heavy atom. The minimum atomic E-state index is -4.10. The lowest BCUT2D eigenvalue weighted by Gasteiger charge is -2.25. The SMILES string of the molecule is COc1c(C)cnc(/C=C/CN(c2c(Cl)nc(C)nc2OCc2ccccc2)S(=O)(=O)c2ccc(C)cc2)c1C.COc1c(C)cnc(Cc2cn(S(=O)(=O)c3ccc(C)cc3)c3c(OCc4ccccc4)nc(C)nc23)c1C.CSc1nc(Cl)c(CS(=O)(=O)c2ccc(C)cc2)c(OCc2ccccc2)n1.CSc1nc(Cl)c(N)c(Cl)n1.CSc1nc(Cl)c(N)c(OCc2ccccc2)n1.OCc1ccccc1. The first-order valence-electron chi connectivity index (χ1n) is 44.1. The Kier molecular flexibility index (Phi) is 41.2. The van der Waals surface area contributed by atoms with E-state index in [1.165, 1.54) is 39.3 Å². The molecule has 0 radical (unpaired) electrons. The second kappa shape index (κ2) is 53.2. The molecule has 5 N–H and O–H groups in total. The number of thioether (sulfide) groups is 3. The van der Waals surface area contributed by atoms with Gasteiger partial charge in [0.25, 0.3) is 20.0 Å². The summed E-state index contributed by atoms with van der Waals surface area (Å²) in [7, 11) is -8.49. The van der Waals surface area contributed by atoms with Gasteiger partial charge in [0.2, 0.25) is 23.5 Å². The number of sulfonamides is 1. The summed E-state index contributed by atoms with van der Waals surface area (Å²) in [5.41, 5.74) is 26.1. The van der Waals surface area contributed by atoms with Gasteiger partial charge in [-0.15, -0.1) is 0 Å². The number of pyridine rings is 2. The zero-order valence-electron chi connectivity index (χ0n) is 81.0. The maximum atomic E-state index is 14.0.